The highest BCUT2D eigenvalue weighted by Crippen LogP contribution is 2.28. The summed E-state index contributed by atoms with van der Waals surface area (Å²) in [7, 11) is -0.0237. The molecule has 0 N–H and O–H groups in total. The van der Waals surface area contributed by atoms with Crippen molar-refractivity contribution in [2.45, 2.75) is 50.4 Å². The van der Waals surface area contributed by atoms with Gasteiger partial charge < -0.3 is 19.1 Å². The van der Waals surface area contributed by atoms with Gasteiger partial charge in [0, 0.05) is 49.3 Å². The van der Waals surface area contributed by atoms with Crippen LogP contribution in [0.4, 0.5) is 5.69 Å². The highest BCUT2D eigenvalue weighted by molar-refractivity contribution is 7.86. The molecule has 1 aliphatic heterocycles. The number of benzene rings is 3. The molecule has 0 spiro atoms. The quantitative estimate of drug-likeness (QED) is 0.202. The lowest BCUT2D eigenvalue weighted by Gasteiger charge is -2.24. The fraction of sp³-hybridized carbons (Fsp3) is 0.344. The van der Waals surface area contributed by atoms with Crippen LogP contribution in [-0.4, -0.2) is 53.1 Å². The van der Waals surface area contributed by atoms with Crippen molar-refractivity contribution in [3.63, 3.8) is 0 Å². The first-order valence-electron chi connectivity index (χ1n) is 13.8. The summed E-state index contributed by atoms with van der Waals surface area (Å²) in [5.74, 6) is 1.05. The molecule has 8 nitrogen and oxygen atoms in total. The maximum atomic E-state index is 13.0. The van der Waals surface area contributed by atoms with E-state index in [1.54, 1.807) is 13.0 Å². The zero-order chi connectivity index (χ0) is 29.0. The summed E-state index contributed by atoms with van der Waals surface area (Å²) in [5.41, 5.74) is 4.61. The van der Waals surface area contributed by atoms with E-state index in [0.29, 0.717) is 18.1 Å². The van der Waals surface area contributed by atoms with Crippen molar-refractivity contribution in [1.29, 1.82) is 0 Å². The van der Waals surface area contributed by atoms with Gasteiger partial charge in [0.2, 0.25) is 0 Å². The van der Waals surface area contributed by atoms with Gasteiger partial charge in [-0.05, 0) is 68.7 Å². The molecule has 3 aromatic carbocycles. The van der Waals surface area contributed by atoms with Crippen molar-refractivity contribution in [3.05, 3.63) is 78.4 Å². The summed E-state index contributed by atoms with van der Waals surface area (Å²) in [6.07, 6.45) is 1.70. The number of fused-ring (bicyclic) bond motifs is 1. The Balaban J connectivity index is 1.23. The Labute approximate surface area is 242 Å². The zero-order valence-corrected chi connectivity index (χ0v) is 24.7. The summed E-state index contributed by atoms with van der Waals surface area (Å²) in [4.78, 5) is 6.90. The summed E-state index contributed by atoms with van der Waals surface area (Å²) < 4.78 is 49.0. The number of pyridine rings is 1. The third-order valence-corrected chi connectivity index (χ3v) is 8.38. The molecule has 1 aromatic heterocycles. The first kappa shape index (κ1) is 28.9. The van der Waals surface area contributed by atoms with Crippen molar-refractivity contribution < 1.29 is 26.8 Å². The van der Waals surface area contributed by atoms with E-state index in [2.05, 4.69) is 29.2 Å². The van der Waals surface area contributed by atoms with E-state index in [9.17, 15) is 8.42 Å². The summed E-state index contributed by atoms with van der Waals surface area (Å²) in [5, 5.41) is 0.980. The van der Waals surface area contributed by atoms with Gasteiger partial charge in [-0.3, -0.25) is 4.18 Å². The van der Waals surface area contributed by atoms with E-state index in [-0.39, 0.29) is 17.8 Å². The second kappa shape index (κ2) is 12.5. The lowest BCUT2D eigenvalue weighted by molar-refractivity contribution is -0.106. The number of hydrogen-bond acceptors (Lipinski definition) is 8. The van der Waals surface area contributed by atoms with Crippen molar-refractivity contribution in [1.82, 2.24) is 4.98 Å². The smallest absolute Gasteiger partial charge is 0.297 e. The van der Waals surface area contributed by atoms with E-state index < -0.39 is 16.2 Å². The van der Waals surface area contributed by atoms with Gasteiger partial charge in [-0.1, -0.05) is 24.3 Å². The van der Waals surface area contributed by atoms with Crippen LogP contribution >= 0.6 is 0 Å². The molecule has 4 aromatic rings. The number of aryl methyl sites for hydroxylation is 1. The molecule has 1 saturated heterocycles. The summed E-state index contributed by atoms with van der Waals surface area (Å²) in [6, 6.07) is 22.6. The molecule has 1 aliphatic rings. The minimum absolute atomic E-state index is 0.0295. The second-order valence-electron chi connectivity index (χ2n) is 10.5. The number of aromatic nitrogens is 1. The van der Waals surface area contributed by atoms with Crippen molar-refractivity contribution >= 4 is 26.7 Å². The Hall–Kier alpha value is -3.66. The largest absolute Gasteiger partial charge is 0.491 e. The molecule has 2 atom stereocenters. The number of rotatable bonds is 10. The van der Waals surface area contributed by atoms with E-state index in [1.165, 1.54) is 12.1 Å². The van der Waals surface area contributed by atoms with Crippen LogP contribution in [-0.2, 0) is 19.0 Å². The molecule has 216 valence electrons. The molecular weight excluding hydrogens is 540 g/mol. The molecule has 1 fully saturated rings. The molecule has 0 amide bonds. The van der Waals surface area contributed by atoms with Crippen LogP contribution in [0.1, 0.15) is 31.7 Å². The molecule has 0 saturated carbocycles. The monoisotopic (exact) mass is 576 g/mol. The Morgan fingerprint density at radius 3 is 2.51 bits per heavy atom. The third-order valence-electron chi connectivity index (χ3n) is 6.96. The lowest BCUT2D eigenvalue weighted by Crippen LogP contribution is -2.25. The van der Waals surface area contributed by atoms with Crippen LogP contribution in [0.15, 0.2) is 77.7 Å². The third kappa shape index (κ3) is 7.16. The van der Waals surface area contributed by atoms with Crippen LogP contribution < -0.4 is 14.4 Å². The Morgan fingerprint density at radius 1 is 1.00 bits per heavy atom. The summed E-state index contributed by atoms with van der Waals surface area (Å²) in [6.45, 7) is 4.21. The standard InChI is InChI=1S/C32H36N2O6S/c1-22-8-16-28(20-31(22)39-32-7-5-6-18-37-32)41(35,36)40-23(2)21-38-27-15-11-25-12-17-29(33-30(25)19-27)24-9-13-26(14-10-24)34(3)4/h8-17,19-20,23,32H,5-7,18,21H2,1-4H3. The Kier molecular flexibility index (Phi) is 8.77. The molecule has 9 heteroatoms. The topological polar surface area (TPSA) is 87.2 Å². The minimum atomic E-state index is -4.04. The molecule has 0 bridgehead atoms. The number of anilines is 1. The van der Waals surface area contributed by atoms with E-state index >= 15 is 0 Å². The number of ether oxygens (including phenoxy) is 3. The average molecular weight is 577 g/mol. The van der Waals surface area contributed by atoms with E-state index in [0.717, 1.165) is 52.7 Å². The minimum Gasteiger partial charge on any atom is -0.491 e. The highest BCUT2D eigenvalue weighted by Gasteiger charge is 2.23. The zero-order valence-electron chi connectivity index (χ0n) is 23.9. The maximum absolute atomic E-state index is 13.0. The van der Waals surface area contributed by atoms with Crippen LogP contribution in [0.3, 0.4) is 0 Å². The maximum Gasteiger partial charge on any atom is 0.297 e. The van der Waals surface area contributed by atoms with Gasteiger partial charge in [-0.15, -0.1) is 0 Å². The molecule has 0 aliphatic carbocycles. The van der Waals surface area contributed by atoms with Gasteiger partial charge in [0.05, 0.1) is 22.7 Å². The second-order valence-corrected chi connectivity index (χ2v) is 12.1. The molecule has 41 heavy (non-hydrogen) atoms. The molecule has 5 rings (SSSR count). The van der Waals surface area contributed by atoms with Gasteiger partial charge in [0.25, 0.3) is 10.1 Å². The fourth-order valence-corrected chi connectivity index (χ4v) is 5.68. The predicted octanol–water partition coefficient (Wildman–Crippen LogP) is 6.35. The Bertz CT molecular complexity index is 1600. The van der Waals surface area contributed by atoms with Crippen molar-refractivity contribution in [2.24, 2.45) is 0 Å². The van der Waals surface area contributed by atoms with Gasteiger partial charge in [0.1, 0.15) is 24.2 Å². The van der Waals surface area contributed by atoms with E-state index in [1.807, 2.05) is 51.4 Å². The first-order valence-corrected chi connectivity index (χ1v) is 15.2. The van der Waals surface area contributed by atoms with Gasteiger partial charge in [-0.2, -0.15) is 8.42 Å². The molecular formula is C32H36N2O6S. The van der Waals surface area contributed by atoms with Gasteiger partial charge in [-0.25, -0.2) is 4.98 Å². The van der Waals surface area contributed by atoms with Crippen LogP contribution in [0, 0.1) is 6.92 Å². The van der Waals surface area contributed by atoms with Crippen LogP contribution in [0.25, 0.3) is 22.2 Å². The SMILES string of the molecule is Cc1ccc(S(=O)(=O)OC(C)COc2ccc3ccc(-c4ccc(N(C)C)cc4)nc3c2)cc1OC1CCCCO1. The Morgan fingerprint density at radius 2 is 1.78 bits per heavy atom. The summed E-state index contributed by atoms with van der Waals surface area (Å²) >= 11 is 0. The number of hydrogen-bond donors (Lipinski definition) is 0. The first-order chi connectivity index (χ1) is 19.7. The normalized spacial score (nSPS) is 16.3. The fourth-order valence-electron chi connectivity index (χ4n) is 4.60. The average Bonchev–Trinajstić information content (AvgIpc) is 2.97. The number of nitrogens with zero attached hydrogens (tertiary/aromatic N) is 2. The van der Waals surface area contributed by atoms with Crippen molar-refractivity contribution in [3.8, 4) is 22.8 Å². The van der Waals surface area contributed by atoms with Gasteiger partial charge in [0.15, 0.2) is 6.29 Å². The van der Waals surface area contributed by atoms with Gasteiger partial charge >= 0.3 is 0 Å². The van der Waals surface area contributed by atoms with Crippen molar-refractivity contribution in [2.75, 3.05) is 32.2 Å². The lowest BCUT2D eigenvalue weighted by atomic mass is 10.1. The van der Waals surface area contributed by atoms with E-state index in [4.69, 9.17) is 23.4 Å². The van der Waals surface area contributed by atoms with Crippen LogP contribution in [0.2, 0.25) is 0 Å². The van der Waals surface area contributed by atoms with Crippen LogP contribution in [0.5, 0.6) is 11.5 Å². The molecule has 2 heterocycles. The molecule has 0 radical (unpaired) electrons. The predicted molar refractivity (Wildman–Crippen MR) is 160 cm³/mol. The molecule has 2 unspecified atom stereocenters. The highest BCUT2D eigenvalue weighted by atomic mass is 32.2.